The number of fused-ring (bicyclic) bond motifs is 1. The molecule has 96 valence electrons. The van der Waals surface area contributed by atoms with E-state index in [1.54, 1.807) is 6.08 Å². The standard InChI is InChI=1S/C17H12N2O/c20-17(11-10-13-6-2-1-3-7-13)16-12-18-14-8-4-5-9-15(14)19-16/h1-12H/b11-10+. The van der Waals surface area contributed by atoms with E-state index >= 15 is 0 Å². The molecule has 20 heavy (non-hydrogen) atoms. The van der Waals surface area contributed by atoms with Gasteiger partial charge in [0.15, 0.2) is 0 Å². The molecule has 0 bridgehead atoms. The van der Waals surface area contributed by atoms with Crippen molar-refractivity contribution in [1.29, 1.82) is 0 Å². The van der Waals surface area contributed by atoms with Crippen LogP contribution in [0.5, 0.6) is 0 Å². The zero-order valence-corrected chi connectivity index (χ0v) is 10.7. The Labute approximate surface area is 116 Å². The second-order valence-electron chi connectivity index (χ2n) is 4.35. The summed E-state index contributed by atoms with van der Waals surface area (Å²) < 4.78 is 0. The van der Waals surface area contributed by atoms with Gasteiger partial charge in [0.1, 0.15) is 5.69 Å². The number of ketones is 1. The lowest BCUT2D eigenvalue weighted by atomic mass is 10.2. The number of hydrogen-bond donors (Lipinski definition) is 0. The number of hydrogen-bond acceptors (Lipinski definition) is 3. The van der Waals surface area contributed by atoms with Crippen molar-refractivity contribution >= 4 is 22.9 Å². The minimum Gasteiger partial charge on any atom is -0.287 e. The molecule has 0 amide bonds. The van der Waals surface area contributed by atoms with Crippen LogP contribution in [-0.2, 0) is 0 Å². The largest absolute Gasteiger partial charge is 0.287 e. The number of aromatic nitrogens is 2. The topological polar surface area (TPSA) is 42.9 Å². The van der Waals surface area contributed by atoms with Crippen molar-refractivity contribution in [3.8, 4) is 0 Å². The van der Waals surface area contributed by atoms with Gasteiger partial charge in [-0.1, -0.05) is 48.5 Å². The van der Waals surface area contributed by atoms with E-state index in [0.29, 0.717) is 5.69 Å². The molecule has 3 nitrogen and oxygen atoms in total. The number of benzene rings is 2. The number of rotatable bonds is 3. The molecule has 3 heteroatoms. The van der Waals surface area contributed by atoms with Gasteiger partial charge in [-0.3, -0.25) is 9.78 Å². The summed E-state index contributed by atoms with van der Waals surface area (Å²) in [7, 11) is 0. The highest BCUT2D eigenvalue weighted by atomic mass is 16.1. The Morgan fingerprint density at radius 2 is 1.60 bits per heavy atom. The number of nitrogens with zero attached hydrogens (tertiary/aromatic N) is 2. The van der Waals surface area contributed by atoms with Gasteiger partial charge in [0, 0.05) is 0 Å². The summed E-state index contributed by atoms with van der Waals surface area (Å²) >= 11 is 0. The molecule has 0 atom stereocenters. The minimum absolute atomic E-state index is 0.146. The second-order valence-corrected chi connectivity index (χ2v) is 4.35. The van der Waals surface area contributed by atoms with E-state index in [-0.39, 0.29) is 5.78 Å². The van der Waals surface area contributed by atoms with Gasteiger partial charge in [0.05, 0.1) is 17.2 Å². The predicted molar refractivity (Wildman–Crippen MR) is 79.3 cm³/mol. The maximum Gasteiger partial charge on any atom is 0.205 e. The SMILES string of the molecule is O=C(/C=C/c1ccccc1)c1cnc2ccccc2n1. The van der Waals surface area contributed by atoms with Crippen LogP contribution in [0.1, 0.15) is 16.1 Å². The fourth-order valence-corrected chi connectivity index (χ4v) is 1.90. The van der Waals surface area contributed by atoms with Crippen LogP contribution in [0.2, 0.25) is 0 Å². The molecule has 0 fully saturated rings. The Bertz CT molecular complexity index is 779. The first kappa shape index (κ1) is 12.2. The summed E-state index contributed by atoms with van der Waals surface area (Å²) in [6.07, 6.45) is 4.81. The molecule has 0 unspecified atom stereocenters. The fraction of sp³-hybridized carbons (Fsp3) is 0. The van der Waals surface area contributed by atoms with Crippen LogP contribution in [-0.4, -0.2) is 15.8 Å². The van der Waals surface area contributed by atoms with Crippen molar-refractivity contribution in [2.75, 3.05) is 0 Å². The molecule has 3 aromatic rings. The van der Waals surface area contributed by atoms with Gasteiger partial charge < -0.3 is 0 Å². The van der Waals surface area contributed by atoms with E-state index in [4.69, 9.17) is 0 Å². The van der Waals surface area contributed by atoms with Gasteiger partial charge in [-0.2, -0.15) is 0 Å². The Kier molecular flexibility index (Phi) is 3.33. The first-order valence-corrected chi connectivity index (χ1v) is 6.32. The molecule has 0 aliphatic carbocycles. The van der Waals surface area contributed by atoms with Crippen LogP contribution < -0.4 is 0 Å². The van der Waals surface area contributed by atoms with Crippen LogP contribution in [0.25, 0.3) is 17.1 Å². The van der Waals surface area contributed by atoms with Gasteiger partial charge in [0.25, 0.3) is 0 Å². The summed E-state index contributed by atoms with van der Waals surface area (Å²) in [6.45, 7) is 0. The van der Waals surface area contributed by atoms with Crippen molar-refractivity contribution < 1.29 is 4.79 Å². The molecular weight excluding hydrogens is 248 g/mol. The van der Waals surface area contributed by atoms with E-state index in [1.807, 2.05) is 54.6 Å². The molecule has 0 saturated heterocycles. The third kappa shape index (κ3) is 2.62. The molecule has 0 saturated carbocycles. The summed E-state index contributed by atoms with van der Waals surface area (Å²) in [6, 6.07) is 17.2. The average molecular weight is 260 g/mol. The van der Waals surface area contributed by atoms with Crippen molar-refractivity contribution in [3.05, 3.63) is 78.1 Å². The van der Waals surface area contributed by atoms with Crippen LogP contribution >= 0.6 is 0 Å². The summed E-state index contributed by atoms with van der Waals surface area (Å²) in [5.41, 5.74) is 2.85. The van der Waals surface area contributed by atoms with Crippen LogP contribution in [0.3, 0.4) is 0 Å². The van der Waals surface area contributed by atoms with Crippen molar-refractivity contribution in [2.45, 2.75) is 0 Å². The van der Waals surface area contributed by atoms with Crippen LogP contribution in [0, 0.1) is 0 Å². The summed E-state index contributed by atoms with van der Waals surface area (Å²) in [5.74, 6) is -0.146. The molecule has 0 radical (unpaired) electrons. The third-order valence-electron chi connectivity index (χ3n) is 2.93. The molecule has 3 rings (SSSR count). The van der Waals surface area contributed by atoms with Crippen molar-refractivity contribution in [3.63, 3.8) is 0 Å². The molecule has 0 N–H and O–H groups in total. The Morgan fingerprint density at radius 1 is 0.900 bits per heavy atom. The van der Waals surface area contributed by atoms with E-state index in [0.717, 1.165) is 16.6 Å². The van der Waals surface area contributed by atoms with E-state index in [9.17, 15) is 4.79 Å². The van der Waals surface area contributed by atoms with Crippen molar-refractivity contribution in [2.24, 2.45) is 0 Å². The number of allylic oxidation sites excluding steroid dienone is 1. The maximum absolute atomic E-state index is 12.1. The minimum atomic E-state index is -0.146. The molecule has 0 aliphatic rings. The van der Waals surface area contributed by atoms with Gasteiger partial charge >= 0.3 is 0 Å². The van der Waals surface area contributed by atoms with E-state index in [2.05, 4.69) is 9.97 Å². The highest BCUT2D eigenvalue weighted by Gasteiger charge is 2.05. The van der Waals surface area contributed by atoms with E-state index in [1.165, 1.54) is 12.3 Å². The average Bonchev–Trinajstić information content (AvgIpc) is 2.53. The molecular formula is C17H12N2O. The fourth-order valence-electron chi connectivity index (χ4n) is 1.90. The molecule has 0 spiro atoms. The Balaban J connectivity index is 1.87. The monoisotopic (exact) mass is 260 g/mol. The predicted octanol–water partition coefficient (Wildman–Crippen LogP) is 3.53. The molecule has 2 aromatic carbocycles. The van der Waals surface area contributed by atoms with Gasteiger partial charge in [0.2, 0.25) is 5.78 Å². The molecule has 1 aromatic heterocycles. The van der Waals surface area contributed by atoms with Gasteiger partial charge in [-0.25, -0.2) is 4.98 Å². The van der Waals surface area contributed by atoms with Gasteiger partial charge in [-0.05, 0) is 23.8 Å². The Hall–Kier alpha value is -2.81. The number of carbonyl (C=O) groups excluding carboxylic acids is 1. The lowest BCUT2D eigenvalue weighted by Crippen LogP contribution is -1.99. The first-order valence-electron chi connectivity index (χ1n) is 6.32. The zero-order chi connectivity index (χ0) is 13.8. The van der Waals surface area contributed by atoms with E-state index < -0.39 is 0 Å². The second kappa shape index (κ2) is 5.45. The number of carbonyl (C=O) groups is 1. The molecule has 1 heterocycles. The van der Waals surface area contributed by atoms with Crippen LogP contribution in [0.15, 0.2) is 66.9 Å². The first-order chi connectivity index (χ1) is 9.83. The summed E-state index contributed by atoms with van der Waals surface area (Å²) in [5, 5.41) is 0. The highest BCUT2D eigenvalue weighted by Crippen LogP contribution is 2.10. The van der Waals surface area contributed by atoms with Gasteiger partial charge in [-0.15, -0.1) is 0 Å². The Morgan fingerprint density at radius 3 is 2.40 bits per heavy atom. The quantitative estimate of drug-likeness (QED) is 0.534. The molecule has 0 aliphatic heterocycles. The van der Waals surface area contributed by atoms with Crippen LogP contribution in [0.4, 0.5) is 0 Å². The lowest BCUT2D eigenvalue weighted by Gasteiger charge is -1.98. The summed E-state index contributed by atoms with van der Waals surface area (Å²) in [4.78, 5) is 20.6. The normalized spacial score (nSPS) is 11.0. The lowest BCUT2D eigenvalue weighted by molar-refractivity contribution is 0.104. The third-order valence-corrected chi connectivity index (χ3v) is 2.93. The smallest absolute Gasteiger partial charge is 0.205 e. The highest BCUT2D eigenvalue weighted by molar-refractivity contribution is 6.06. The van der Waals surface area contributed by atoms with Crippen molar-refractivity contribution in [1.82, 2.24) is 9.97 Å². The zero-order valence-electron chi connectivity index (χ0n) is 10.7. The maximum atomic E-state index is 12.1. The number of para-hydroxylation sites is 2.